The Morgan fingerprint density at radius 3 is 2.76 bits per heavy atom. The molecule has 1 aliphatic heterocycles. The standard InChI is InChI=1S/C12H15ClN2O2/c13-8-1-2-10(12(14)15)11(7-8)17-9-3-5-16-6-4-9/h1-2,7,9H,3-6H2,(H3,14,15). The predicted molar refractivity (Wildman–Crippen MR) is 66.9 cm³/mol. The summed E-state index contributed by atoms with van der Waals surface area (Å²) >= 11 is 5.92. The molecule has 3 N–H and O–H groups in total. The van der Waals surface area contributed by atoms with Crippen LogP contribution >= 0.6 is 11.6 Å². The molecular weight excluding hydrogens is 240 g/mol. The Morgan fingerprint density at radius 2 is 2.12 bits per heavy atom. The first-order chi connectivity index (χ1) is 8.16. The SMILES string of the molecule is N=C(N)c1ccc(Cl)cc1OC1CCOCC1. The van der Waals surface area contributed by atoms with Crippen molar-refractivity contribution in [1.82, 2.24) is 0 Å². The first-order valence-electron chi connectivity index (χ1n) is 5.55. The third kappa shape index (κ3) is 3.11. The summed E-state index contributed by atoms with van der Waals surface area (Å²) in [6, 6.07) is 5.11. The van der Waals surface area contributed by atoms with Crippen molar-refractivity contribution in [2.45, 2.75) is 18.9 Å². The van der Waals surface area contributed by atoms with Crippen LogP contribution in [0, 0.1) is 5.41 Å². The molecule has 0 unspecified atom stereocenters. The summed E-state index contributed by atoms with van der Waals surface area (Å²) in [7, 11) is 0. The molecule has 1 aromatic rings. The zero-order chi connectivity index (χ0) is 12.3. The molecule has 0 bridgehead atoms. The van der Waals surface area contributed by atoms with Crippen LogP contribution in [0.25, 0.3) is 0 Å². The molecule has 1 fully saturated rings. The quantitative estimate of drug-likeness (QED) is 0.642. The second-order valence-electron chi connectivity index (χ2n) is 3.98. The molecule has 2 rings (SSSR count). The van der Waals surface area contributed by atoms with Gasteiger partial charge in [0.15, 0.2) is 0 Å². The molecule has 0 spiro atoms. The van der Waals surface area contributed by atoms with E-state index in [-0.39, 0.29) is 11.9 Å². The van der Waals surface area contributed by atoms with Gasteiger partial charge >= 0.3 is 0 Å². The second-order valence-corrected chi connectivity index (χ2v) is 4.42. The van der Waals surface area contributed by atoms with Crippen molar-refractivity contribution in [1.29, 1.82) is 5.41 Å². The minimum atomic E-state index is -0.0104. The van der Waals surface area contributed by atoms with Crippen LogP contribution < -0.4 is 10.5 Å². The van der Waals surface area contributed by atoms with Gasteiger partial charge in [0.2, 0.25) is 0 Å². The summed E-state index contributed by atoms with van der Waals surface area (Å²) in [5.41, 5.74) is 6.09. The maximum absolute atomic E-state index is 7.49. The Labute approximate surface area is 105 Å². The van der Waals surface area contributed by atoms with Gasteiger partial charge in [-0.05, 0) is 18.2 Å². The van der Waals surface area contributed by atoms with Gasteiger partial charge in [0.1, 0.15) is 17.7 Å². The lowest BCUT2D eigenvalue weighted by molar-refractivity contribution is 0.0255. The van der Waals surface area contributed by atoms with Crippen LogP contribution in [0.2, 0.25) is 5.02 Å². The lowest BCUT2D eigenvalue weighted by Crippen LogP contribution is -2.27. The van der Waals surface area contributed by atoms with Crippen molar-refractivity contribution < 1.29 is 9.47 Å². The fourth-order valence-electron chi connectivity index (χ4n) is 1.79. The van der Waals surface area contributed by atoms with Gasteiger partial charge in [-0.15, -0.1) is 0 Å². The largest absolute Gasteiger partial charge is 0.489 e. The Bertz CT molecular complexity index is 417. The van der Waals surface area contributed by atoms with Crippen LogP contribution in [-0.2, 0) is 4.74 Å². The lowest BCUT2D eigenvalue weighted by Gasteiger charge is -2.24. The molecule has 1 saturated heterocycles. The summed E-state index contributed by atoms with van der Waals surface area (Å²) in [4.78, 5) is 0. The molecule has 17 heavy (non-hydrogen) atoms. The Balaban J connectivity index is 2.17. The number of amidine groups is 1. The van der Waals surface area contributed by atoms with Gasteiger partial charge < -0.3 is 15.2 Å². The number of nitrogens with two attached hydrogens (primary N) is 1. The summed E-state index contributed by atoms with van der Waals surface area (Å²) in [5.74, 6) is 0.570. The molecule has 1 aromatic carbocycles. The minimum Gasteiger partial charge on any atom is -0.489 e. The van der Waals surface area contributed by atoms with Gasteiger partial charge in [0.05, 0.1) is 18.8 Å². The van der Waals surface area contributed by atoms with Crippen LogP contribution in [0.4, 0.5) is 0 Å². The van der Waals surface area contributed by atoms with E-state index in [0.29, 0.717) is 29.5 Å². The zero-order valence-electron chi connectivity index (χ0n) is 9.41. The fourth-order valence-corrected chi connectivity index (χ4v) is 1.95. The number of rotatable bonds is 3. The molecule has 0 aromatic heterocycles. The van der Waals surface area contributed by atoms with Crippen molar-refractivity contribution in [2.75, 3.05) is 13.2 Å². The third-order valence-electron chi connectivity index (χ3n) is 2.70. The highest BCUT2D eigenvalue weighted by atomic mass is 35.5. The van der Waals surface area contributed by atoms with Gasteiger partial charge in [-0.3, -0.25) is 5.41 Å². The molecule has 0 aliphatic carbocycles. The molecule has 0 radical (unpaired) electrons. The lowest BCUT2D eigenvalue weighted by atomic mass is 10.1. The normalized spacial score (nSPS) is 16.8. The van der Waals surface area contributed by atoms with Crippen molar-refractivity contribution in [3.05, 3.63) is 28.8 Å². The van der Waals surface area contributed by atoms with E-state index in [4.69, 9.17) is 32.2 Å². The summed E-state index contributed by atoms with van der Waals surface area (Å²) in [5, 5.41) is 8.07. The van der Waals surface area contributed by atoms with Gasteiger partial charge in [-0.25, -0.2) is 0 Å². The molecule has 4 nitrogen and oxygen atoms in total. The van der Waals surface area contributed by atoms with Gasteiger partial charge in [0.25, 0.3) is 0 Å². The molecule has 1 heterocycles. The average Bonchev–Trinajstić information content (AvgIpc) is 2.30. The predicted octanol–water partition coefficient (Wildman–Crippen LogP) is 2.18. The number of halogens is 1. The zero-order valence-corrected chi connectivity index (χ0v) is 10.2. The summed E-state index contributed by atoms with van der Waals surface area (Å²) in [6.07, 6.45) is 1.81. The van der Waals surface area contributed by atoms with E-state index in [1.165, 1.54) is 0 Å². The monoisotopic (exact) mass is 254 g/mol. The number of nitrogen functional groups attached to an aromatic ring is 1. The fraction of sp³-hybridized carbons (Fsp3) is 0.417. The number of hydrogen-bond acceptors (Lipinski definition) is 3. The van der Waals surface area contributed by atoms with Crippen molar-refractivity contribution in [3.8, 4) is 5.75 Å². The van der Waals surface area contributed by atoms with Crippen LogP contribution in [0.1, 0.15) is 18.4 Å². The van der Waals surface area contributed by atoms with Crippen LogP contribution in [-0.4, -0.2) is 25.2 Å². The van der Waals surface area contributed by atoms with Gasteiger partial charge in [-0.2, -0.15) is 0 Å². The van der Waals surface area contributed by atoms with E-state index in [2.05, 4.69) is 0 Å². The number of hydrogen-bond donors (Lipinski definition) is 2. The first-order valence-corrected chi connectivity index (χ1v) is 5.93. The maximum atomic E-state index is 7.49. The minimum absolute atomic E-state index is 0.0104. The molecular formula is C12H15ClN2O2. The third-order valence-corrected chi connectivity index (χ3v) is 2.93. The van der Waals surface area contributed by atoms with E-state index in [0.717, 1.165) is 12.8 Å². The van der Waals surface area contributed by atoms with E-state index in [1.807, 2.05) is 0 Å². The van der Waals surface area contributed by atoms with E-state index in [1.54, 1.807) is 18.2 Å². The molecule has 0 saturated carbocycles. The number of benzene rings is 1. The van der Waals surface area contributed by atoms with Crippen LogP contribution in [0.3, 0.4) is 0 Å². The molecule has 92 valence electrons. The smallest absolute Gasteiger partial charge is 0.132 e. The Morgan fingerprint density at radius 1 is 1.41 bits per heavy atom. The maximum Gasteiger partial charge on any atom is 0.132 e. The van der Waals surface area contributed by atoms with Crippen LogP contribution in [0.5, 0.6) is 5.75 Å². The molecule has 0 atom stereocenters. The number of ether oxygens (including phenoxy) is 2. The first kappa shape index (κ1) is 12.2. The van der Waals surface area contributed by atoms with Crippen molar-refractivity contribution in [3.63, 3.8) is 0 Å². The molecule has 1 aliphatic rings. The van der Waals surface area contributed by atoms with Crippen LogP contribution in [0.15, 0.2) is 18.2 Å². The van der Waals surface area contributed by atoms with Gasteiger partial charge in [-0.1, -0.05) is 11.6 Å². The van der Waals surface area contributed by atoms with Crippen molar-refractivity contribution >= 4 is 17.4 Å². The topological polar surface area (TPSA) is 68.3 Å². The van der Waals surface area contributed by atoms with E-state index >= 15 is 0 Å². The number of nitrogens with one attached hydrogen (secondary N) is 1. The highest BCUT2D eigenvalue weighted by molar-refractivity contribution is 6.30. The summed E-state index contributed by atoms with van der Waals surface area (Å²) < 4.78 is 11.1. The Hall–Kier alpha value is -1.26. The van der Waals surface area contributed by atoms with Gasteiger partial charge in [0, 0.05) is 17.9 Å². The van der Waals surface area contributed by atoms with Crippen molar-refractivity contribution in [2.24, 2.45) is 5.73 Å². The molecule has 5 heteroatoms. The second kappa shape index (κ2) is 5.38. The highest BCUT2D eigenvalue weighted by Gasteiger charge is 2.17. The average molecular weight is 255 g/mol. The molecule has 0 amide bonds. The van der Waals surface area contributed by atoms with E-state index in [9.17, 15) is 0 Å². The Kier molecular flexibility index (Phi) is 3.86. The summed E-state index contributed by atoms with van der Waals surface area (Å²) in [6.45, 7) is 1.42. The highest BCUT2D eigenvalue weighted by Crippen LogP contribution is 2.26. The van der Waals surface area contributed by atoms with E-state index < -0.39 is 0 Å².